The van der Waals surface area contributed by atoms with Gasteiger partial charge < -0.3 is 15.5 Å². The third kappa shape index (κ3) is 2.27. The molecule has 0 fully saturated rings. The minimum atomic E-state index is 0.453. The van der Waals surface area contributed by atoms with Crippen LogP contribution in [0.25, 0.3) is 5.65 Å². The molecule has 3 N–H and O–H groups in total. The molecule has 0 aliphatic rings. The Morgan fingerprint density at radius 2 is 2.20 bits per heavy atom. The Morgan fingerprint density at radius 3 is 3.05 bits per heavy atom. The molecule has 3 aromatic heterocycles. The van der Waals surface area contributed by atoms with Crippen molar-refractivity contribution in [3.63, 3.8) is 0 Å². The molecule has 0 saturated heterocycles. The highest BCUT2D eigenvalue weighted by molar-refractivity contribution is 5.64. The summed E-state index contributed by atoms with van der Waals surface area (Å²) in [6.07, 6.45) is 8.06. The van der Waals surface area contributed by atoms with Gasteiger partial charge in [-0.15, -0.1) is 0 Å². The first-order valence-electron chi connectivity index (χ1n) is 6.53. The summed E-state index contributed by atoms with van der Waals surface area (Å²) in [5, 5.41) is 3.27. The van der Waals surface area contributed by atoms with Gasteiger partial charge in [0.05, 0.1) is 18.4 Å². The van der Waals surface area contributed by atoms with Gasteiger partial charge in [-0.25, -0.2) is 9.97 Å². The van der Waals surface area contributed by atoms with Crippen molar-refractivity contribution in [3.05, 3.63) is 48.2 Å². The summed E-state index contributed by atoms with van der Waals surface area (Å²) in [5.74, 6) is 1.12. The van der Waals surface area contributed by atoms with E-state index in [9.17, 15) is 0 Å². The number of fused-ring (bicyclic) bond motifs is 1. The lowest BCUT2D eigenvalue weighted by Crippen LogP contribution is -2.08. The smallest absolute Gasteiger partial charge is 0.180 e. The molecule has 3 heterocycles. The third-order valence-electron chi connectivity index (χ3n) is 3.18. The monoisotopic (exact) mass is 268 g/mol. The first-order valence-corrected chi connectivity index (χ1v) is 6.53. The number of imidazole rings is 1. The third-order valence-corrected chi connectivity index (χ3v) is 3.18. The van der Waals surface area contributed by atoms with Gasteiger partial charge in [0, 0.05) is 18.6 Å². The molecule has 102 valence electrons. The molecule has 6 nitrogen and oxygen atoms in total. The largest absolute Gasteiger partial charge is 0.382 e. The van der Waals surface area contributed by atoms with Crippen LogP contribution < -0.4 is 11.1 Å². The second-order valence-electron chi connectivity index (χ2n) is 4.49. The Kier molecular flexibility index (Phi) is 3.20. The van der Waals surface area contributed by atoms with Crippen molar-refractivity contribution in [3.8, 4) is 0 Å². The Labute approximate surface area is 116 Å². The summed E-state index contributed by atoms with van der Waals surface area (Å²) < 4.78 is 1.85. The number of hydrogen-bond acceptors (Lipinski definition) is 5. The van der Waals surface area contributed by atoms with E-state index in [1.165, 1.54) is 5.56 Å². The zero-order valence-electron chi connectivity index (χ0n) is 11.2. The van der Waals surface area contributed by atoms with Gasteiger partial charge in [-0.2, -0.15) is 0 Å². The number of aryl methyl sites for hydroxylation is 1. The first kappa shape index (κ1) is 12.4. The summed E-state index contributed by atoms with van der Waals surface area (Å²) in [4.78, 5) is 13.0. The van der Waals surface area contributed by atoms with Gasteiger partial charge in [0.25, 0.3) is 0 Å². The van der Waals surface area contributed by atoms with Gasteiger partial charge in [-0.3, -0.25) is 4.98 Å². The number of pyridine rings is 1. The summed E-state index contributed by atoms with van der Waals surface area (Å²) in [6.45, 7) is 2.72. The maximum absolute atomic E-state index is 5.79. The molecule has 0 radical (unpaired) electrons. The van der Waals surface area contributed by atoms with Crippen LogP contribution in [0.15, 0.2) is 36.9 Å². The number of nitrogens with zero attached hydrogens (tertiary/aromatic N) is 4. The fourth-order valence-electron chi connectivity index (χ4n) is 2.19. The molecule has 0 bridgehead atoms. The number of nitrogen functional groups attached to an aromatic ring is 1. The molecule has 0 atom stereocenters. The molecule has 6 heteroatoms. The SMILES string of the molecule is CCc1cccnc1CNc1nc(N)cn2ccnc12. The lowest BCUT2D eigenvalue weighted by Gasteiger charge is -2.10. The van der Waals surface area contributed by atoms with E-state index in [-0.39, 0.29) is 0 Å². The van der Waals surface area contributed by atoms with E-state index in [4.69, 9.17) is 5.73 Å². The van der Waals surface area contributed by atoms with Crippen molar-refractivity contribution in [1.82, 2.24) is 19.4 Å². The zero-order chi connectivity index (χ0) is 13.9. The van der Waals surface area contributed by atoms with Gasteiger partial charge >= 0.3 is 0 Å². The molecule has 0 saturated carbocycles. The van der Waals surface area contributed by atoms with Gasteiger partial charge in [-0.1, -0.05) is 13.0 Å². The Balaban J connectivity index is 1.88. The van der Waals surface area contributed by atoms with E-state index in [1.54, 1.807) is 18.6 Å². The van der Waals surface area contributed by atoms with E-state index >= 15 is 0 Å². The molecule has 0 aliphatic carbocycles. The van der Waals surface area contributed by atoms with Crippen molar-refractivity contribution in [2.45, 2.75) is 19.9 Å². The normalized spacial score (nSPS) is 10.8. The zero-order valence-corrected chi connectivity index (χ0v) is 11.2. The van der Waals surface area contributed by atoms with Crippen LogP contribution in [0.2, 0.25) is 0 Å². The van der Waals surface area contributed by atoms with Crippen LogP contribution in [0.4, 0.5) is 11.6 Å². The quantitative estimate of drug-likeness (QED) is 0.755. The fraction of sp³-hybridized carbons (Fsp3) is 0.214. The van der Waals surface area contributed by atoms with Crippen LogP contribution in [0, 0.1) is 0 Å². The van der Waals surface area contributed by atoms with Crippen molar-refractivity contribution in [2.75, 3.05) is 11.1 Å². The van der Waals surface area contributed by atoms with Crippen molar-refractivity contribution < 1.29 is 0 Å². The fourth-order valence-corrected chi connectivity index (χ4v) is 2.19. The highest BCUT2D eigenvalue weighted by Crippen LogP contribution is 2.16. The second-order valence-corrected chi connectivity index (χ2v) is 4.49. The van der Waals surface area contributed by atoms with Crippen LogP contribution in [0.3, 0.4) is 0 Å². The van der Waals surface area contributed by atoms with Gasteiger partial charge in [0.2, 0.25) is 0 Å². The van der Waals surface area contributed by atoms with Gasteiger partial charge in [0.15, 0.2) is 11.5 Å². The van der Waals surface area contributed by atoms with Gasteiger partial charge in [0.1, 0.15) is 5.82 Å². The maximum atomic E-state index is 5.79. The molecule has 0 unspecified atom stereocenters. The molecule has 3 aromatic rings. The van der Waals surface area contributed by atoms with E-state index in [0.717, 1.165) is 17.8 Å². The number of nitrogens with two attached hydrogens (primary N) is 1. The molecular formula is C14H16N6. The van der Waals surface area contributed by atoms with Crippen LogP contribution in [-0.4, -0.2) is 19.4 Å². The van der Waals surface area contributed by atoms with Crippen LogP contribution >= 0.6 is 0 Å². The Bertz CT molecular complexity index is 733. The van der Waals surface area contributed by atoms with Crippen molar-refractivity contribution in [2.24, 2.45) is 0 Å². The minimum Gasteiger partial charge on any atom is -0.382 e. The number of aromatic nitrogens is 4. The average molecular weight is 268 g/mol. The highest BCUT2D eigenvalue weighted by Gasteiger charge is 2.07. The topological polar surface area (TPSA) is 81.1 Å². The highest BCUT2D eigenvalue weighted by atomic mass is 15.1. The standard InChI is InChI=1S/C14H16N6/c1-2-10-4-3-5-16-11(10)8-18-13-14-17-6-7-20(14)9-12(15)19-13/h3-7,9H,2,8,15H2,1H3,(H,18,19). The summed E-state index contributed by atoms with van der Waals surface area (Å²) in [6, 6.07) is 4.04. The van der Waals surface area contributed by atoms with E-state index in [1.807, 2.05) is 16.7 Å². The molecular weight excluding hydrogens is 252 g/mol. The molecule has 0 amide bonds. The summed E-state index contributed by atoms with van der Waals surface area (Å²) >= 11 is 0. The Hall–Kier alpha value is -2.63. The van der Waals surface area contributed by atoms with Crippen molar-refractivity contribution in [1.29, 1.82) is 0 Å². The number of nitrogens with one attached hydrogen (secondary N) is 1. The number of hydrogen-bond donors (Lipinski definition) is 2. The molecule has 0 spiro atoms. The van der Waals surface area contributed by atoms with Crippen LogP contribution in [-0.2, 0) is 13.0 Å². The van der Waals surface area contributed by atoms with Gasteiger partial charge in [-0.05, 0) is 18.1 Å². The molecule has 3 rings (SSSR count). The first-order chi connectivity index (χ1) is 9.78. The summed E-state index contributed by atoms with van der Waals surface area (Å²) in [7, 11) is 0. The summed E-state index contributed by atoms with van der Waals surface area (Å²) in [5.41, 5.74) is 8.79. The van der Waals surface area contributed by atoms with E-state index in [0.29, 0.717) is 18.2 Å². The average Bonchev–Trinajstić information content (AvgIpc) is 2.93. The maximum Gasteiger partial charge on any atom is 0.180 e. The predicted molar refractivity (Wildman–Crippen MR) is 78.3 cm³/mol. The van der Waals surface area contributed by atoms with E-state index in [2.05, 4.69) is 33.3 Å². The van der Waals surface area contributed by atoms with E-state index < -0.39 is 0 Å². The lowest BCUT2D eigenvalue weighted by atomic mass is 10.1. The van der Waals surface area contributed by atoms with Crippen LogP contribution in [0.1, 0.15) is 18.2 Å². The second kappa shape index (κ2) is 5.16. The number of rotatable bonds is 4. The molecule has 0 aromatic carbocycles. The number of anilines is 2. The predicted octanol–water partition coefficient (Wildman–Crippen LogP) is 1.88. The molecule has 0 aliphatic heterocycles. The Morgan fingerprint density at radius 1 is 1.30 bits per heavy atom. The molecule has 20 heavy (non-hydrogen) atoms. The van der Waals surface area contributed by atoms with Crippen molar-refractivity contribution >= 4 is 17.3 Å². The van der Waals surface area contributed by atoms with Crippen LogP contribution in [0.5, 0.6) is 0 Å². The lowest BCUT2D eigenvalue weighted by molar-refractivity contribution is 0.962. The minimum absolute atomic E-state index is 0.453.